The molecule has 1 unspecified atom stereocenters. The molecule has 1 N–H and O–H groups in total. The maximum Gasteiger partial charge on any atom is 0.0853 e. The largest absolute Gasteiger partial charge is 0.388 e. The molecule has 0 amide bonds. The van der Waals surface area contributed by atoms with E-state index in [1.165, 1.54) is 2.88 Å². The number of halogens is 1. The number of pyridine rings is 1. The highest BCUT2D eigenvalue weighted by atomic mass is 127. The lowest BCUT2D eigenvalue weighted by atomic mass is 10.1. The molecule has 0 aliphatic rings. The highest BCUT2D eigenvalue weighted by Crippen LogP contribution is 2.25. The molecule has 19 heavy (non-hydrogen) atoms. The summed E-state index contributed by atoms with van der Waals surface area (Å²) in [7, 11) is 0. The van der Waals surface area contributed by atoms with Gasteiger partial charge in [-0.2, -0.15) is 0 Å². The Morgan fingerprint density at radius 3 is 2.84 bits per heavy atom. The van der Waals surface area contributed by atoms with Gasteiger partial charge in [0, 0.05) is 17.5 Å². The van der Waals surface area contributed by atoms with Crippen molar-refractivity contribution in [2.45, 2.75) is 12.5 Å². The molecule has 0 radical (unpaired) electrons. The third kappa shape index (κ3) is 2.96. The minimum absolute atomic E-state index is 0.478. The van der Waals surface area contributed by atoms with Gasteiger partial charge in [0.2, 0.25) is 0 Å². The van der Waals surface area contributed by atoms with Gasteiger partial charge in [-0.15, -0.1) is 11.3 Å². The molecule has 0 saturated heterocycles. The van der Waals surface area contributed by atoms with E-state index in [1.54, 1.807) is 11.3 Å². The van der Waals surface area contributed by atoms with Crippen LogP contribution in [-0.2, 0) is 6.42 Å². The fraction of sp³-hybridized carbons (Fsp3) is 0.133. The maximum absolute atomic E-state index is 10.2. The van der Waals surface area contributed by atoms with E-state index in [9.17, 15) is 5.11 Å². The van der Waals surface area contributed by atoms with Crippen molar-refractivity contribution in [3.05, 3.63) is 62.0 Å². The van der Waals surface area contributed by atoms with E-state index in [0.29, 0.717) is 6.42 Å². The highest BCUT2D eigenvalue weighted by Gasteiger charge is 2.11. The average molecular weight is 381 g/mol. The molecule has 0 bridgehead atoms. The van der Waals surface area contributed by atoms with Crippen LogP contribution in [0.1, 0.15) is 17.4 Å². The van der Waals surface area contributed by atoms with Crippen molar-refractivity contribution in [2.75, 3.05) is 0 Å². The number of fused-ring (bicyclic) bond motifs is 1. The van der Waals surface area contributed by atoms with Gasteiger partial charge in [0.15, 0.2) is 0 Å². The summed E-state index contributed by atoms with van der Waals surface area (Å²) >= 11 is 3.92. The van der Waals surface area contributed by atoms with Crippen molar-refractivity contribution in [3.8, 4) is 0 Å². The Morgan fingerprint density at radius 2 is 2.05 bits per heavy atom. The van der Waals surface area contributed by atoms with E-state index in [4.69, 9.17) is 0 Å². The molecule has 3 aromatic rings. The Morgan fingerprint density at radius 1 is 1.21 bits per heavy atom. The van der Waals surface area contributed by atoms with Crippen LogP contribution < -0.4 is 0 Å². The fourth-order valence-electron chi connectivity index (χ4n) is 2.04. The van der Waals surface area contributed by atoms with Crippen LogP contribution in [0.3, 0.4) is 0 Å². The summed E-state index contributed by atoms with van der Waals surface area (Å²) in [5.41, 5.74) is 2.88. The van der Waals surface area contributed by atoms with Gasteiger partial charge in [-0.25, -0.2) is 0 Å². The summed E-state index contributed by atoms with van der Waals surface area (Å²) in [5.74, 6) is 0. The van der Waals surface area contributed by atoms with Gasteiger partial charge in [0.05, 0.1) is 14.5 Å². The molecule has 0 aliphatic heterocycles. The molecule has 0 aliphatic carbocycles. The molecule has 96 valence electrons. The highest BCUT2D eigenvalue weighted by molar-refractivity contribution is 14.1. The average Bonchev–Trinajstić information content (AvgIpc) is 2.85. The van der Waals surface area contributed by atoms with Gasteiger partial charge in [-0.3, -0.25) is 4.98 Å². The van der Waals surface area contributed by atoms with Gasteiger partial charge in [-0.05, 0) is 51.7 Å². The maximum atomic E-state index is 10.2. The number of thiophene rings is 1. The number of hydrogen-bond acceptors (Lipinski definition) is 3. The standard InChI is InChI=1S/C15H12INOS/c16-15-7-11(9-19-15)14(18)8-12-6-5-10-3-1-2-4-13(10)17-12/h1-7,9,14,18H,8H2. The smallest absolute Gasteiger partial charge is 0.0853 e. The van der Waals surface area contributed by atoms with Crippen molar-refractivity contribution in [3.63, 3.8) is 0 Å². The number of para-hydroxylation sites is 1. The molecule has 2 aromatic heterocycles. The molecule has 0 fully saturated rings. The minimum atomic E-state index is -0.478. The molecule has 2 nitrogen and oxygen atoms in total. The van der Waals surface area contributed by atoms with Crippen LogP contribution in [0.25, 0.3) is 10.9 Å². The summed E-state index contributed by atoms with van der Waals surface area (Å²) in [6.07, 6.45) is 0.0749. The lowest BCUT2D eigenvalue weighted by Crippen LogP contribution is -2.02. The quantitative estimate of drug-likeness (QED) is 0.691. The SMILES string of the molecule is OC(Cc1ccc2ccccc2n1)c1csc(I)c1. The first-order valence-corrected chi connectivity index (χ1v) is 7.95. The third-order valence-electron chi connectivity index (χ3n) is 3.03. The van der Waals surface area contributed by atoms with Gasteiger partial charge >= 0.3 is 0 Å². The van der Waals surface area contributed by atoms with Crippen LogP contribution in [0.4, 0.5) is 0 Å². The second kappa shape index (κ2) is 5.56. The number of aliphatic hydroxyl groups is 1. The Hall–Kier alpha value is -0.980. The first-order valence-electron chi connectivity index (χ1n) is 5.99. The van der Waals surface area contributed by atoms with Crippen LogP contribution >= 0.6 is 33.9 Å². The molecule has 3 rings (SSSR count). The third-order valence-corrected chi connectivity index (χ3v) is 4.84. The predicted octanol–water partition coefficient (Wildman–Crippen LogP) is 4.18. The molecule has 2 heterocycles. The van der Waals surface area contributed by atoms with Crippen molar-refractivity contribution in [1.82, 2.24) is 4.98 Å². The molecular weight excluding hydrogens is 369 g/mol. The van der Waals surface area contributed by atoms with Crippen molar-refractivity contribution < 1.29 is 5.11 Å². The summed E-state index contributed by atoms with van der Waals surface area (Å²) < 4.78 is 1.19. The van der Waals surface area contributed by atoms with Crippen molar-refractivity contribution in [2.24, 2.45) is 0 Å². The molecule has 4 heteroatoms. The Kier molecular flexibility index (Phi) is 3.81. The van der Waals surface area contributed by atoms with Crippen molar-refractivity contribution in [1.29, 1.82) is 0 Å². The predicted molar refractivity (Wildman–Crippen MR) is 87.4 cm³/mol. The Bertz CT molecular complexity index is 710. The lowest BCUT2D eigenvalue weighted by Gasteiger charge is -2.09. The molecule has 0 saturated carbocycles. The van der Waals surface area contributed by atoms with Crippen LogP contribution in [0.2, 0.25) is 0 Å². The Balaban J connectivity index is 1.84. The zero-order chi connectivity index (χ0) is 13.2. The second-order valence-electron chi connectivity index (χ2n) is 4.40. The van der Waals surface area contributed by atoms with E-state index in [2.05, 4.69) is 33.6 Å². The number of nitrogens with zero attached hydrogens (tertiary/aromatic N) is 1. The second-order valence-corrected chi connectivity index (χ2v) is 7.20. The number of aromatic nitrogens is 1. The van der Waals surface area contributed by atoms with E-state index in [0.717, 1.165) is 22.2 Å². The number of hydrogen-bond donors (Lipinski definition) is 1. The zero-order valence-corrected chi connectivity index (χ0v) is 13.1. The van der Waals surface area contributed by atoms with Gasteiger partial charge in [0.25, 0.3) is 0 Å². The fourth-order valence-corrected chi connectivity index (χ4v) is 3.45. The summed E-state index contributed by atoms with van der Waals surface area (Å²) in [4.78, 5) is 4.59. The normalized spacial score (nSPS) is 12.7. The number of benzene rings is 1. The topological polar surface area (TPSA) is 33.1 Å². The molecular formula is C15H12INOS. The summed E-state index contributed by atoms with van der Waals surface area (Å²) in [6, 6.07) is 14.1. The first-order chi connectivity index (χ1) is 9.22. The number of rotatable bonds is 3. The van der Waals surface area contributed by atoms with Crippen molar-refractivity contribution >= 4 is 44.8 Å². The first kappa shape index (κ1) is 13.0. The summed E-state index contributed by atoms with van der Waals surface area (Å²) in [5, 5.41) is 13.4. The molecule has 0 spiro atoms. The van der Waals surface area contributed by atoms with Crippen LogP contribution in [0, 0.1) is 2.88 Å². The monoisotopic (exact) mass is 381 g/mol. The van der Waals surface area contributed by atoms with E-state index < -0.39 is 6.10 Å². The van der Waals surface area contributed by atoms with E-state index >= 15 is 0 Å². The zero-order valence-electron chi connectivity index (χ0n) is 10.1. The van der Waals surface area contributed by atoms with Gasteiger partial charge in [0.1, 0.15) is 0 Å². The van der Waals surface area contributed by atoms with Crippen LogP contribution in [0.15, 0.2) is 47.8 Å². The van der Waals surface area contributed by atoms with E-state index in [1.807, 2.05) is 41.8 Å². The van der Waals surface area contributed by atoms with Gasteiger partial charge in [-0.1, -0.05) is 24.3 Å². The van der Waals surface area contributed by atoms with E-state index in [-0.39, 0.29) is 0 Å². The summed E-state index contributed by atoms with van der Waals surface area (Å²) in [6.45, 7) is 0. The lowest BCUT2D eigenvalue weighted by molar-refractivity contribution is 0.178. The molecule has 1 atom stereocenters. The molecule has 1 aromatic carbocycles. The van der Waals surface area contributed by atoms with Crippen LogP contribution in [-0.4, -0.2) is 10.1 Å². The number of aliphatic hydroxyl groups excluding tert-OH is 1. The van der Waals surface area contributed by atoms with Gasteiger partial charge < -0.3 is 5.11 Å². The van der Waals surface area contributed by atoms with Crippen LogP contribution in [0.5, 0.6) is 0 Å². The Labute approximate surface area is 129 Å². The minimum Gasteiger partial charge on any atom is -0.388 e.